The Hall–Kier alpha value is -3.06. The number of benzene rings is 2. The average molecular weight is 395 g/mol. The second-order valence-corrected chi connectivity index (χ2v) is 8.85. The molecular formula is C21H21N3O3S. The quantitative estimate of drug-likeness (QED) is 0.734. The molecule has 144 valence electrons. The first-order valence-corrected chi connectivity index (χ1v) is 10.7. The lowest BCUT2D eigenvalue weighted by Gasteiger charge is -2.17. The van der Waals surface area contributed by atoms with E-state index in [-0.39, 0.29) is 11.7 Å². The summed E-state index contributed by atoms with van der Waals surface area (Å²) in [5, 5.41) is 2.87. The van der Waals surface area contributed by atoms with Crippen molar-refractivity contribution in [3.05, 3.63) is 78.1 Å². The number of hydrogen-bond donors (Lipinski definition) is 1. The largest absolute Gasteiger partial charge is 0.324 e. The van der Waals surface area contributed by atoms with Crippen LogP contribution in [0.2, 0.25) is 0 Å². The van der Waals surface area contributed by atoms with Gasteiger partial charge in [-0.3, -0.25) is 9.10 Å². The summed E-state index contributed by atoms with van der Waals surface area (Å²) in [6, 6.07) is 16.3. The summed E-state index contributed by atoms with van der Waals surface area (Å²) in [4.78, 5) is 12.7. The van der Waals surface area contributed by atoms with Crippen LogP contribution in [0.25, 0.3) is 5.69 Å². The van der Waals surface area contributed by atoms with E-state index in [2.05, 4.69) is 5.32 Å². The molecule has 1 N–H and O–H groups in total. The van der Waals surface area contributed by atoms with Crippen LogP contribution in [-0.4, -0.2) is 31.2 Å². The van der Waals surface area contributed by atoms with Crippen molar-refractivity contribution >= 4 is 27.3 Å². The van der Waals surface area contributed by atoms with E-state index in [0.717, 1.165) is 11.3 Å². The molecule has 0 unspecified atom stereocenters. The summed E-state index contributed by atoms with van der Waals surface area (Å²) in [7, 11) is -3.21. The molecule has 3 aromatic rings. The number of carbonyl (C=O) groups excluding carboxylic acids is 1. The molecule has 7 heteroatoms. The molecule has 0 spiro atoms. The highest BCUT2D eigenvalue weighted by atomic mass is 32.2. The highest BCUT2D eigenvalue weighted by molar-refractivity contribution is 7.93. The fraction of sp³-hybridized carbons (Fsp3) is 0.190. The number of amides is 1. The van der Waals surface area contributed by atoms with Gasteiger partial charge in [0.15, 0.2) is 0 Å². The van der Waals surface area contributed by atoms with Crippen LogP contribution in [0, 0.1) is 6.92 Å². The first-order valence-electron chi connectivity index (χ1n) is 9.10. The number of rotatable bonds is 4. The third-order valence-electron chi connectivity index (χ3n) is 4.87. The third kappa shape index (κ3) is 3.53. The van der Waals surface area contributed by atoms with Crippen LogP contribution in [-0.2, 0) is 10.0 Å². The molecule has 1 aliphatic heterocycles. The fourth-order valence-corrected chi connectivity index (χ4v) is 4.93. The van der Waals surface area contributed by atoms with E-state index >= 15 is 0 Å². The first kappa shape index (κ1) is 18.3. The summed E-state index contributed by atoms with van der Waals surface area (Å²) in [5.41, 5.74) is 3.82. The van der Waals surface area contributed by atoms with Crippen molar-refractivity contribution in [1.82, 2.24) is 4.57 Å². The lowest BCUT2D eigenvalue weighted by atomic mass is 10.1. The van der Waals surface area contributed by atoms with Crippen LogP contribution in [0.1, 0.15) is 22.3 Å². The summed E-state index contributed by atoms with van der Waals surface area (Å²) in [6.07, 6.45) is 4.52. The predicted octanol–water partition coefficient (Wildman–Crippen LogP) is 3.58. The Bertz CT molecular complexity index is 1100. The van der Waals surface area contributed by atoms with Crippen molar-refractivity contribution in [3.63, 3.8) is 0 Å². The molecule has 1 amide bonds. The van der Waals surface area contributed by atoms with Gasteiger partial charge in [-0.2, -0.15) is 0 Å². The molecule has 6 nitrogen and oxygen atoms in total. The van der Waals surface area contributed by atoms with Gasteiger partial charge in [0, 0.05) is 35.9 Å². The summed E-state index contributed by atoms with van der Waals surface area (Å²) < 4.78 is 27.4. The zero-order valence-electron chi connectivity index (χ0n) is 15.5. The van der Waals surface area contributed by atoms with Gasteiger partial charge in [-0.1, -0.05) is 6.07 Å². The first-order chi connectivity index (χ1) is 13.4. The maximum atomic E-state index is 12.7. The molecule has 2 aromatic carbocycles. The number of hydrogen-bond acceptors (Lipinski definition) is 3. The van der Waals surface area contributed by atoms with Crippen LogP contribution in [0.4, 0.5) is 11.4 Å². The average Bonchev–Trinajstić information content (AvgIpc) is 3.32. The van der Waals surface area contributed by atoms with E-state index in [4.69, 9.17) is 0 Å². The molecule has 28 heavy (non-hydrogen) atoms. The molecule has 1 fully saturated rings. The van der Waals surface area contributed by atoms with Gasteiger partial charge in [0.1, 0.15) is 0 Å². The Morgan fingerprint density at radius 1 is 1.04 bits per heavy atom. The number of aromatic nitrogens is 1. The van der Waals surface area contributed by atoms with Crippen LogP contribution < -0.4 is 9.62 Å². The molecule has 1 aliphatic rings. The van der Waals surface area contributed by atoms with Gasteiger partial charge >= 0.3 is 0 Å². The van der Waals surface area contributed by atoms with Crippen molar-refractivity contribution in [1.29, 1.82) is 0 Å². The molecule has 1 saturated heterocycles. The van der Waals surface area contributed by atoms with E-state index in [1.807, 2.05) is 48.1 Å². The maximum absolute atomic E-state index is 12.7. The normalized spacial score (nSPS) is 15.5. The third-order valence-corrected chi connectivity index (χ3v) is 6.74. The standard InChI is InChI=1S/C21H21N3O3S/c1-16-5-6-17(15-20(16)23-11-2-3-12-23)21(25)22-18-7-9-19(10-8-18)24-13-4-14-28(24,26)27/h2-3,5-12,15H,4,13-14H2,1H3,(H,22,25). The molecule has 0 saturated carbocycles. The Balaban J connectivity index is 1.52. The Labute approximate surface area is 164 Å². The minimum absolute atomic E-state index is 0.183. The Morgan fingerprint density at radius 2 is 1.75 bits per heavy atom. The topological polar surface area (TPSA) is 71.4 Å². The van der Waals surface area contributed by atoms with Gasteiger partial charge < -0.3 is 9.88 Å². The van der Waals surface area contributed by atoms with Crippen molar-refractivity contribution in [2.24, 2.45) is 0 Å². The zero-order chi connectivity index (χ0) is 19.7. The van der Waals surface area contributed by atoms with Gasteiger partial charge in [0.2, 0.25) is 10.0 Å². The molecule has 2 heterocycles. The SMILES string of the molecule is Cc1ccc(C(=O)Nc2ccc(N3CCCS3(=O)=O)cc2)cc1-n1cccc1. The Kier molecular flexibility index (Phi) is 4.68. The van der Waals surface area contributed by atoms with Crippen molar-refractivity contribution in [2.45, 2.75) is 13.3 Å². The number of carbonyl (C=O) groups is 1. The maximum Gasteiger partial charge on any atom is 0.255 e. The van der Waals surface area contributed by atoms with Crippen molar-refractivity contribution < 1.29 is 13.2 Å². The van der Waals surface area contributed by atoms with Crippen LogP contribution in [0.5, 0.6) is 0 Å². The summed E-state index contributed by atoms with van der Waals surface area (Å²) >= 11 is 0. The van der Waals surface area contributed by atoms with Crippen LogP contribution in [0.3, 0.4) is 0 Å². The molecule has 0 bridgehead atoms. The minimum atomic E-state index is -3.21. The lowest BCUT2D eigenvalue weighted by molar-refractivity contribution is 0.102. The van der Waals surface area contributed by atoms with Gasteiger partial charge in [0.05, 0.1) is 11.4 Å². The van der Waals surface area contributed by atoms with E-state index < -0.39 is 10.0 Å². The van der Waals surface area contributed by atoms with Crippen LogP contribution in [0.15, 0.2) is 67.0 Å². The predicted molar refractivity (Wildman–Crippen MR) is 111 cm³/mol. The summed E-state index contributed by atoms with van der Waals surface area (Å²) in [5.74, 6) is -0.0298. The van der Waals surface area contributed by atoms with Crippen LogP contribution >= 0.6 is 0 Å². The lowest BCUT2D eigenvalue weighted by Crippen LogP contribution is -2.25. The van der Waals surface area contributed by atoms with E-state index in [9.17, 15) is 13.2 Å². The Morgan fingerprint density at radius 3 is 2.39 bits per heavy atom. The number of aryl methyl sites for hydroxylation is 1. The van der Waals surface area contributed by atoms with Gasteiger partial charge in [-0.25, -0.2) is 8.42 Å². The molecule has 0 radical (unpaired) electrons. The fourth-order valence-electron chi connectivity index (χ4n) is 3.37. The highest BCUT2D eigenvalue weighted by Crippen LogP contribution is 2.25. The molecule has 4 rings (SSSR count). The highest BCUT2D eigenvalue weighted by Gasteiger charge is 2.28. The molecule has 0 aliphatic carbocycles. The monoisotopic (exact) mass is 395 g/mol. The number of sulfonamides is 1. The van der Waals surface area contributed by atoms with E-state index in [0.29, 0.717) is 29.9 Å². The smallest absolute Gasteiger partial charge is 0.255 e. The number of anilines is 2. The zero-order valence-corrected chi connectivity index (χ0v) is 16.3. The van der Waals surface area contributed by atoms with Crippen molar-refractivity contribution in [3.8, 4) is 5.69 Å². The number of nitrogens with zero attached hydrogens (tertiary/aromatic N) is 2. The summed E-state index contributed by atoms with van der Waals surface area (Å²) in [6.45, 7) is 2.50. The molecule has 0 atom stereocenters. The minimum Gasteiger partial charge on any atom is -0.324 e. The molecule has 1 aromatic heterocycles. The van der Waals surface area contributed by atoms with E-state index in [1.165, 1.54) is 4.31 Å². The second kappa shape index (κ2) is 7.16. The van der Waals surface area contributed by atoms with Crippen molar-refractivity contribution in [2.75, 3.05) is 21.9 Å². The second-order valence-electron chi connectivity index (χ2n) is 6.83. The van der Waals surface area contributed by atoms with E-state index in [1.54, 1.807) is 30.3 Å². The number of nitrogens with one attached hydrogen (secondary N) is 1. The van der Waals surface area contributed by atoms with Gasteiger partial charge in [0.25, 0.3) is 5.91 Å². The van der Waals surface area contributed by atoms with Gasteiger partial charge in [-0.15, -0.1) is 0 Å². The van der Waals surface area contributed by atoms with Gasteiger partial charge in [-0.05, 0) is 67.4 Å². The molecular weight excluding hydrogens is 374 g/mol.